The third-order valence-corrected chi connectivity index (χ3v) is 3.53. The first-order valence-electron chi connectivity index (χ1n) is 7.97. The van der Waals surface area contributed by atoms with E-state index < -0.39 is 0 Å². The van der Waals surface area contributed by atoms with E-state index in [0.717, 1.165) is 13.1 Å². The predicted molar refractivity (Wildman–Crippen MR) is 95.8 cm³/mol. The highest BCUT2D eigenvalue weighted by Gasteiger charge is 2.08. The first-order valence-corrected chi connectivity index (χ1v) is 7.97. The van der Waals surface area contributed by atoms with E-state index in [1.54, 1.807) is 24.3 Å². The third-order valence-electron chi connectivity index (χ3n) is 3.53. The average molecular weight is 328 g/mol. The fraction of sp³-hybridized carbons (Fsp3) is 0.333. The Balaban J connectivity index is 1.82. The summed E-state index contributed by atoms with van der Waals surface area (Å²) in [6, 6.07) is 9.12. The fourth-order valence-electron chi connectivity index (χ4n) is 2.43. The Hall–Kier alpha value is -2.60. The Morgan fingerprint density at radius 2 is 1.71 bits per heavy atom. The summed E-state index contributed by atoms with van der Waals surface area (Å²) in [5.74, 6) is -0.190. The van der Waals surface area contributed by atoms with Crippen molar-refractivity contribution < 1.29 is 9.59 Å². The van der Waals surface area contributed by atoms with E-state index in [1.165, 1.54) is 12.5 Å². The third kappa shape index (κ3) is 5.55. The largest absolute Gasteiger partial charge is 0.354 e. The number of benzene rings is 1. The second kappa shape index (κ2) is 8.31. The highest BCUT2D eigenvalue weighted by Crippen LogP contribution is 2.13. The molecular formula is C18H24N4O2. The Kier molecular flexibility index (Phi) is 6.14. The van der Waals surface area contributed by atoms with Gasteiger partial charge in [0, 0.05) is 43.8 Å². The van der Waals surface area contributed by atoms with Crippen molar-refractivity contribution in [3.8, 4) is 0 Å². The van der Waals surface area contributed by atoms with Crippen LogP contribution in [-0.4, -0.2) is 34.9 Å². The van der Waals surface area contributed by atoms with Crippen molar-refractivity contribution in [3.63, 3.8) is 0 Å². The number of carbonyl (C=O) groups is 2. The number of likely N-dealkylation sites (N-methyl/N-ethyl adjacent to an activating group) is 1. The first kappa shape index (κ1) is 17.7. The van der Waals surface area contributed by atoms with Crippen LogP contribution >= 0.6 is 0 Å². The minimum atomic E-state index is -0.120. The smallest absolute Gasteiger partial charge is 0.238 e. The van der Waals surface area contributed by atoms with E-state index in [4.69, 9.17) is 0 Å². The molecule has 24 heavy (non-hydrogen) atoms. The SMILES string of the molecule is CCn1ccc(CN(C)CC(=O)Nc2ccc(NC(C)=O)cc2)c1. The molecule has 6 nitrogen and oxygen atoms in total. The zero-order valence-corrected chi connectivity index (χ0v) is 14.4. The van der Waals surface area contributed by atoms with Gasteiger partial charge in [0.25, 0.3) is 0 Å². The molecule has 0 aliphatic heterocycles. The van der Waals surface area contributed by atoms with Gasteiger partial charge in [0.2, 0.25) is 11.8 Å². The summed E-state index contributed by atoms with van der Waals surface area (Å²) >= 11 is 0. The van der Waals surface area contributed by atoms with Crippen molar-refractivity contribution in [3.05, 3.63) is 48.3 Å². The van der Waals surface area contributed by atoms with Gasteiger partial charge in [-0.15, -0.1) is 0 Å². The number of nitrogens with one attached hydrogen (secondary N) is 2. The molecule has 0 fully saturated rings. The van der Waals surface area contributed by atoms with Crippen LogP contribution in [0.4, 0.5) is 11.4 Å². The number of nitrogens with zero attached hydrogens (tertiary/aromatic N) is 2. The second-order valence-electron chi connectivity index (χ2n) is 5.83. The molecule has 2 N–H and O–H groups in total. The lowest BCUT2D eigenvalue weighted by Gasteiger charge is -2.15. The van der Waals surface area contributed by atoms with Crippen molar-refractivity contribution >= 4 is 23.2 Å². The number of hydrogen-bond acceptors (Lipinski definition) is 3. The maximum Gasteiger partial charge on any atom is 0.238 e. The Labute approximate surface area is 142 Å². The molecule has 1 aromatic heterocycles. The molecule has 0 saturated carbocycles. The minimum absolute atomic E-state index is 0.0697. The van der Waals surface area contributed by atoms with Crippen LogP contribution in [0.2, 0.25) is 0 Å². The zero-order valence-electron chi connectivity index (χ0n) is 14.4. The fourth-order valence-corrected chi connectivity index (χ4v) is 2.43. The number of aryl methyl sites for hydroxylation is 1. The second-order valence-corrected chi connectivity index (χ2v) is 5.83. The molecule has 1 aromatic carbocycles. The summed E-state index contributed by atoms with van der Waals surface area (Å²) in [6.45, 7) is 5.53. The van der Waals surface area contributed by atoms with Crippen LogP contribution in [0, 0.1) is 0 Å². The summed E-state index contributed by atoms with van der Waals surface area (Å²) in [5, 5.41) is 5.55. The molecule has 6 heteroatoms. The highest BCUT2D eigenvalue weighted by atomic mass is 16.2. The number of anilines is 2. The van der Waals surface area contributed by atoms with Crippen LogP contribution in [0.15, 0.2) is 42.7 Å². The molecule has 128 valence electrons. The molecule has 0 unspecified atom stereocenters. The van der Waals surface area contributed by atoms with Crippen LogP contribution in [0.5, 0.6) is 0 Å². The quantitative estimate of drug-likeness (QED) is 0.821. The van der Waals surface area contributed by atoms with Gasteiger partial charge in [-0.2, -0.15) is 0 Å². The van der Waals surface area contributed by atoms with E-state index >= 15 is 0 Å². The number of aromatic nitrogens is 1. The van der Waals surface area contributed by atoms with E-state index in [0.29, 0.717) is 17.9 Å². The molecule has 2 amide bonds. The molecule has 0 radical (unpaired) electrons. The summed E-state index contributed by atoms with van der Waals surface area (Å²) in [6.07, 6.45) is 4.13. The van der Waals surface area contributed by atoms with Crippen molar-refractivity contribution in [2.45, 2.75) is 26.9 Å². The van der Waals surface area contributed by atoms with E-state index in [9.17, 15) is 9.59 Å². The van der Waals surface area contributed by atoms with Gasteiger partial charge < -0.3 is 15.2 Å². The highest BCUT2D eigenvalue weighted by molar-refractivity contribution is 5.93. The van der Waals surface area contributed by atoms with Crippen LogP contribution in [0.3, 0.4) is 0 Å². The lowest BCUT2D eigenvalue weighted by Crippen LogP contribution is -2.29. The zero-order chi connectivity index (χ0) is 17.5. The number of amides is 2. The lowest BCUT2D eigenvalue weighted by molar-refractivity contribution is -0.117. The van der Waals surface area contributed by atoms with Crippen LogP contribution in [-0.2, 0) is 22.7 Å². The van der Waals surface area contributed by atoms with Crippen LogP contribution in [0.25, 0.3) is 0 Å². The van der Waals surface area contributed by atoms with Gasteiger partial charge in [-0.3, -0.25) is 14.5 Å². The molecule has 2 aromatic rings. The summed E-state index contributed by atoms with van der Waals surface area (Å²) in [7, 11) is 1.92. The molecule has 0 spiro atoms. The van der Waals surface area contributed by atoms with Crippen LogP contribution < -0.4 is 10.6 Å². The maximum atomic E-state index is 12.1. The molecular weight excluding hydrogens is 304 g/mol. The first-order chi connectivity index (χ1) is 11.5. The normalized spacial score (nSPS) is 10.7. The monoisotopic (exact) mass is 328 g/mol. The van der Waals surface area contributed by atoms with Gasteiger partial charge in [0.15, 0.2) is 0 Å². The lowest BCUT2D eigenvalue weighted by atomic mass is 10.2. The van der Waals surface area contributed by atoms with Gasteiger partial charge in [0.05, 0.1) is 6.54 Å². The molecule has 1 heterocycles. The molecule has 0 bridgehead atoms. The topological polar surface area (TPSA) is 66.4 Å². The Morgan fingerprint density at radius 3 is 2.25 bits per heavy atom. The van der Waals surface area contributed by atoms with E-state index in [-0.39, 0.29) is 11.8 Å². The standard InChI is InChI=1S/C18H24N4O2/c1-4-22-10-9-15(12-22)11-21(3)13-18(24)20-17-7-5-16(6-8-17)19-14(2)23/h5-10,12H,4,11,13H2,1-3H3,(H,19,23)(H,20,24). The van der Waals surface area contributed by atoms with E-state index in [1.807, 2.05) is 18.1 Å². The predicted octanol–water partition coefficient (Wildman–Crippen LogP) is 2.54. The molecule has 0 saturated heterocycles. The minimum Gasteiger partial charge on any atom is -0.354 e. The number of rotatable bonds is 7. The van der Waals surface area contributed by atoms with Gasteiger partial charge in [0.1, 0.15) is 0 Å². The van der Waals surface area contributed by atoms with Gasteiger partial charge in [-0.05, 0) is 49.9 Å². The average Bonchev–Trinajstić information content (AvgIpc) is 2.96. The Morgan fingerprint density at radius 1 is 1.08 bits per heavy atom. The van der Waals surface area contributed by atoms with Crippen molar-refractivity contribution in [2.75, 3.05) is 24.2 Å². The molecule has 0 aliphatic rings. The molecule has 0 atom stereocenters. The van der Waals surface area contributed by atoms with Gasteiger partial charge in [-0.25, -0.2) is 0 Å². The molecule has 0 aliphatic carbocycles. The summed E-state index contributed by atoms with van der Waals surface area (Å²) in [4.78, 5) is 25.1. The van der Waals surface area contributed by atoms with E-state index in [2.05, 4.69) is 34.4 Å². The molecule has 2 rings (SSSR count). The maximum absolute atomic E-state index is 12.1. The summed E-state index contributed by atoms with van der Waals surface area (Å²) in [5.41, 5.74) is 2.60. The Bertz CT molecular complexity index is 691. The van der Waals surface area contributed by atoms with Crippen LogP contribution in [0.1, 0.15) is 19.4 Å². The van der Waals surface area contributed by atoms with Crippen molar-refractivity contribution in [1.29, 1.82) is 0 Å². The number of carbonyl (C=O) groups excluding carboxylic acids is 2. The summed E-state index contributed by atoms with van der Waals surface area (Å²) < 4.78 is 2.11. The van der Waals surface area contributed by atoms with Crippen molar-refractivity contribution in [1.82, 2.24) is 9.47 Å². The van der Waals surface area contributed by atoms with Gasteiger partial charge >= 0.3 is 0 Å². The van der Waals surface area contributed by atoms with Crippen molar-refractivity contribution in [2.24, 2.45) is 0 Å². The number of hydrogen-bond donors (Lipinski definition) is 2. The van der Waals surface area contributed by atoms with Gasteiger partial charge in [-0.1, -0.05) is 0 Å².